The Bertz CT molecular complexity index is 53.2. The quantitative estimate of drug-likeness (QED) is 0.390. The maximum atomic E-state index is 5.08. The summed E-state index contributed by atoms with van der Waals surface area (Å²) in [5, 5.41) is 0. The Morgan fingerprint density at radius 3 is 1.75 bits per heavy atom. The third-order valence-corrected chi connectivity index (χ3v) is 3.03. The van der Waals surface area contributed by atoms with Crippen molar-refractivity contribution in [2.24, 2.45) is 0 Å². The fraction of sp³-hybridized carbons (Fsp3) is 1.00. The van der Waals surface area contributed by atoms with Crippen LogP contribution in [0, 0.1) is 0 Å². The monoisotopic (exact) mass is 134 g/mol. The molecule has 0 saturated carbocycles. The number of hydrogen-bond donors (Lipinski definition) is 0. The molecule has 0 amide bonds. The number of hydrogen-bond acceptors (Lipinski definition) is 2. The summed E-state index contributed by atoms with van der Waals surface area (Å²) in [6, 6.07) is 0. The van der Waals surface area contributed by atoms with Crippen molar-refractivity contribution in [2.45, 2.75) is 18.8 Å². The predicted octanol–water partition coefficient (Wildman–Crippen LogP) is -0.292. The molecule has 0 aliphatic rings. The molecule has 0 fully saturated rings. The van der Waals surface area contributed by atoms with Gasteiger partial charge in [-0.2, -0.15) is 0 Å². The molecule has 0 N–H and O–H groups in total. The highest BCUT2D eigenvalue weighted by Crippen LogP contribution is 2.08. The molecule has 3 heteroatoms. The lowest BCUT2D eigenvalue weighted by Crippen LogP contribution is -2.32. The first-order valence-corrected chi connectivity index (χ1v) is 3.79. The van der Waals surface area contributed by atoms with E-state index in [1.54, 1.807) is 14.2 Å². The topological polar surface area (TPSA) is 18.5 Å². The van der Waals surface area contributed by atoms with E-state index in [-0.39, 0.29) is 5.41 Å². The van der Waals surface area contributed by atoms with E-state index in [1.807, 2.05) is 0 Å². The molecule has 0 saturated heterocycles. The maximum Gasteiger partial charge on any atom is 0.140 e. The van der Waals surface area contributed by atoms with E-state index in [1.165, 1.54) is 0 Å². The van der Waals surface area contributed by atoms with Crippen molar-refractivity contribution in [3.05, 3.63) is 0 Å². The zero-order chi connectivity index (χ0) is 6.62. The standard InChI is InChI=1S/C5H14O2Si/c1-4-5(8,6-2)7-3/h4H2,1-3,8H3. The summed E-state index contributed by atoms with van der Waals surface area (Å²) in [4.78, 5) is 0. The summed E-state index contributed by atoms with van der Waals surface area (Å²) < 4.78 is 10.2. The lowest BCUT2D eigenvalue weighted by atomic mass is 10.5. The second kappa shape index (κ2) is 3.22. The molecular weight excluding hydrogens is 120 g/mol. The highest BCUT2D eigenvalue weighted by atomic mass is 28.1. The number of ether oxygens (including phenoxy) is 2. The largest absolute Gasteiger partial charge is 0.358 e. The van der Waals surface area contributed by atoms with Crippen molar-refractivity contribution >= 4 is 10.2 Å². The summed E-state index contributed by atoms with van der Waals surface area (Å²) in [5.74, 6) is 0. The third kappa shape index (κ3) is 1.94. The molecule has 0 aromatic carbocycles. The minimum atomic E-state index is -0.236. The van der Waals surface area contributed by atoms with Gasteiger partial charge in [0.15, 0.2) is 0 Å². The molecule has 0 rings (SSSR count). The second-order valence-corrected chi connectivity index (χ2v) is 3.42. The summed E-state index contributed by atoms with van der Waals surface area (Å²) >= 11 is 0. The van der Waals surface area contributed by atoms with Gasteiger partial charge < -0.3 is 9.47 Å². The van der Waals surface area contributed by atoms with Gasteiger partial charge in [0, 0.05) is 14.2 Å². The molecular formula is C5H14O2Si. The zero-order valence-corrected chi connectivity index (χ0v) is 8.02. The molecule has 8 heavy (non-hydrogen) atoms. The van der Waals surface area contributed by atoms with E-state index in [0.29, 0.717) is 0 Å². The van der Waals surface area contributed by atoms with E-state index in [9.17, 15) is 0 Å². The number of rotatable bonds is 3. The minimum Gasteiger partial charge on any atom is -0.358 e. The maximum absolute atomic E-state index is 5.08. The van der Waals surface area contributed by atoms with Crippen LogP contribution < -0.4 is 0 Å². The highest BCUT2D eigenvalue weighted by molar-refractivity contribution is 6.13. The first-order valence-electron chi connectivity index (χ1n) is 2.79. The third-order valence-electron chi connectivity index (χ3n) is 1.51. The van der Waals surface area contributed by atoms with Crippen LogP contribution in [0.2, 0.25) is 0 Å². The Kier molecular flexibility index (Phi) is 3.27. The van der Waals surface area contributed by atoms with Crippen LogP contribution in [-0.2, 0) is 9.47 Å². The van der Waals surface area contributed by atoms with Gasteiger partial charge in [-0.05, 0) is 6.42 Å². The van der Waals surface area contributed by atoms with Crippen LogP contribution in [0.5, 0.6) is 0 Å². The average Bonchev–Trinajstić information content (AvgIpc) is 1.87. The van der Waals surface area contributed by atoms with Crippen molar-refractivity contribution in [3.63, 3.8) is 0 Å². The molecule has 0 aliphatic carbocycles. The summed E-state index contributed by atoms with van der Waals surface area (Å²) in [5.41, 5.74) is -0.236. The van der Waals surface area contributed by atoms with Crippen molar-refractivity contribution in [1.29, 1.82) is 0 Å². The predicted molar refractivity (Wildman–Crippen MR) is 37.0 cm³/mol. The van der Waals surface area contributed by atoms with E-state index in [4.69, 9.17) is 9.47 Å². The molecule has 0 heterocycles. The molecule has 0 aromatic heterocycles. The molecule has 2 nitrogen and oxygen atoms in total. The van der Waals surface area contributed by atoms with Gasteiger partial charge in [0.2, 0.25) is 0 Å². The van der Waals surface area contributed by atoms with Crippen LogP contribution in [0.15, 0.2) is 0 Å². The first-order chi connectivity index (χ1) is 3.68. The molecule has 50 valence electrons. The Morgan fingerprint density at radius 2 is 1.75 bits per heavy atom. The highest BCUT2D eigenvalue weighted by Gasteiger charge is 2.17. The van der Waals surface area contributed by atoms with E-state index in [0.717, 1.165) is 16.7 Å². The van der Waals surface area contributed by atoms with Gasteiger partial charge in [-0.3, -0.25) is 0 Å². The van der Waals surface area contributed by atoms with E-state index >= 15 is 0 Å². The molecule has 0 bridgehead atoms. The SMILES string of the molecule is CCC([SiH3])(OC)OC. The van der Waals surface area contributed by atoms with Gasteiger partial charge in [-0.15, -0.1) is 0 Å². The van der Waals surface area contributed by atoms with Gasteiger partial charge in [-0.25, -0.2) is 0 Å². The van der Waals surface area contributed by atoms with Crippen molar-refractivity contribution in [3.8, 4) is 0 Å². The van der Waals surface area contributed by atoms with E-state index in [2.05, 4.69) is 6.92 Å². The Labute approximate surface area is 53.6 Å². The van der Waals surface area contributed by atoms with Crippen LogP contribution >= 0.6 is 0 Å². The second-order valence-electron chi connectivity index (χ2n) is 1.90. The molecule has 0 atom stereocenters. The molecule has 0 aliphatic heterocycles. The number of methoxy groups -OCH3 is 2. The smallest absolute Gasteiger partial charge is 0.140 e. The lowest BCUT2D eigenvalue weighted by Gasteiger charge is -2.24. The van der Waals surface area contributed by atoms with Crippen LogP contribution in [0.25, 0.3) is 0 Å². The van der Waals surface area contributed by atoms with Crippen LogP contribution in [0.4, 0.5) is 0 Å². The van der Waals surface area contributed by atoms with Crippen molar-refractivity contribution in [1.82, 2.24) is 0 Å². The Hall–Kier alpha value is 0.137. The van der Waals surface area contributed by atoms with Crippen LogP contribution in [-0.4, -0.2) is 29.9 Å². The summed E-state index contributed by atoms with van der Waals surface area (Å²) in [6.07, 6.45) is 0.937. The first kappa shape index (κ1) is 8.14. The lowest BCUT2D eigenvalue weighted by molar-refractivity contribution is -0.142. The molecule has 0 radical (unpaired) electrons. The Morgan fingerprint density at radius 1 is 1.38 bits per heavy atom. The average molecular weight is 134 g/mol. The van der Waals surface area contributed by atoms with Gasteiger partial charge in [0.25, 0.3) is 0 Å². The minimum absolute atomic E-state index is 0.236. The fourth-order valence-corrected chi connectivity index (χ4v) is 0.372. The van der Waals surface area contributed by atoms with Gasteiger partial charge in [-0.1, -0.05) is 6.92 Å². The normalized spacial score (nSPS) is 12.4. The fourth-order valence-electron chi connectivity index (χ4n) is 0.372. The van der Waals surface area contributed by atoms with Crippen LogP contribution in [0.3, 0.4) is 0 Å². The van der Waals surface area contributed by atoms with Crippen molar-refractivity contribution in [2.75, 3.05) is 14.2 Å². The van der Waals surface area contributed by atoms with Gasteiger partial charge >= 0.3 is 0 Å². The zero-order valence-electron chi connectivity index (χ0n) is 6.02. The van der Waals surface area contributed by atoms with E-state index < -0.39 is 0 Å². The Balaban J connectivity index is 3.58. The molecule has 0 unspecified atom stereocenters. The van der Waals surface area contributed by atoms with Crippen LogP contribution in [0.1, 0.15) is 13.3 Å². The molecule has 0 aromatic rings. The molecule has 0 spiro atoms. The summed E-state index contributed by atoms with van der Waals surface area (Å²) in [7, 11) is 4.29. The summed E-state index contributed by atoms with van der Waals surface area (Å²) in [6.45, 7) is 2.06. The van der Waals surface area contributed by atoms with Gasteiger partial charge in [0.05, 0.1) is 10.2 Å². The van der Waals surface area contributed by atoms with Gasteiger partial charge in [0.1, 0.15) is 5.41 Å². The van der Waals surface area contributed by atoms with Crippen molar-refractivity contribution < 1.29 is 9.47 Å².